The van der Waals surface area contributed by atoms with Gasteiger partial charge in [-0.2, -0.15) is 4.72 Å². The number of sulfonamides is 1. The molecule has 1 atom stereocenters. The van der Waals surface area contributed by atoms with Crippen LogP contribution in [0.4, 0.5) is 5.69 Å². The van der Waals surface area contributed by atoms with Gasteiger partial charge in [0, 0.05) is 12.1 Å². The number of nitro benzene ring substituents is 1. The third kappa shape index (κ3) is 4.70. The fourth-order valence-corrected chi connectivity index (χ4v) is 4.09. The molecule has 0 bridgehead atoms. The molecule has 0 radical (unpaired) electrons. The molecule has 0 unspecified atom stereocenters. The standard InChI is InChI=1S/C21H18N2O6S/c1-29-21(24)17-9-7-16(8-10-17)20(15-5-3-2-4-6-15)22-30(27,28)19-13-11-18(12-14-19)23(25)26/h2-14,20,22H,1H3/t20-/m0/s1. The van der Waals surface area contributed by atoms with E-state index in [1.807, 2.05) is 6.07 Å². The third-order valence-corrected chi connectivity index (χ3v) is 5.87. The van der Waals surface area contributed by atoms with Gasteiger partial charge in [-0.25, -0.2) is 13.2 Å². The van der Waals surface area contributed by atoms with Crippen LogP contribution in [0.15, 0.2) is 83.8 Å². The van der Waals surface area contributed by atoms with Gasteiger partial charge in [-0.1, -0.05) is 42.5 Å². The van der Waals surface area contributed by atoms with E-state index in [9.17, 15) is 23.3 Å². The Morgan fingerprint density at radius 1 is 0.933 bits per heavy atom. The number of hydrogen-bond acceptors (Lipinski definition) is 6. The quantitative estimate of drug-likeness (QED) is 0.351. The van der Waals surface area contributed by atoms with Crippen molar-refractivity contribution in [3.05, 3.63) is 106 Å². The van der Waals surface area contributed by atoms with Crippen LogP contribution in [0, 0.1) is 10.1 Å². The first kappa shape index (κ1) is 21.2. The summed E-state index contributed by atoms with van der Waals surface area (Å²) in [5.74, 6) is -0.496. The van der Waals surface area contributed by atoms with Crippen molar-refractivity contribution in [3.63, 3.8) is 0 Å². The Morgan fingerprint density at radius 3 is 2.03 bits per heavy atom. The first-order chi connectivity index (χ1) is 14.3. The summed E-state index contributed by atoms with van der Waals surface area (Å²) in [6, 6.07) is 19.2. The number of benzene rings is 3. The predicted molar refractivity (Wildman–Crippen MR) is 109 cm³/mol. The Labute approximate surface area is 173 Å². The molecule has 0 aliphatic carbocycles. The molecule has 0 saturated heterocycles. The highest BCUT2D eigenvalue weighted by Crippen LogP contribution is 2.26. The second-order valence-electron chi connectivity index (χ2n) is 6.33. The van der Waals surface area contributed by atoms with E-state index in [1.165, 1.54) is 19.2 Å². The molecule has 0 fully saturated rings. The molecule has 3 aromatic rings. The second kappa shape index (κ2) is 8.85. The van der Waals surface area contributed by atoms with Crippen LogP contribution in [0.5, 0.6) is 0 Å². The Kier molecular flexibility index (Phi) is 6.24. The van der Waals surface area contributed by atoms with Crippen LogP contribution in [0.25, 0.3) is 0 Å². The van der Waals surface area contributed by atoms with Crippen molar-refractivity contribution in [1.82, 2.24) is 4.72 Å². The van der Waals surface area contributed by atoms with Crippen molar-refractivity contribution in [2.45, 2.75) is 10.9 Å². The minimum atomic E-state index is -3.99. The lowest BCUT2D eigenvalue weighted by Crippen LogP contribution is -2.29. The normalized spacial score (nSPS) is 12.2. The fourth-order valence-electron chi connectivity index (χ4n) is 2.87. The summed E-state index contributed by atoms with van der Waals surface area (Å²) in [5.41, 5.74) is 1.44. The molecule has 3 rings (SSSR count). The van der Waals surface area contributed by atoms with E-state index >= 15 is 0 Å². The molecule has 30 heavy (non-hydrogen) atoms. The summed E-state index contributed by atoms with van der Waals surface area (Å²) in [5, 5.41) is 10.8. The number of nitrogens with one attached hydrogen (secondary N) is 1. The number of rotatable bonds is 7. The van der Waals surface area contributed by atoms with E-state index < -0.39 is 27.0 Å². The van der Waals surface area contributed by atoms with E-state index in [2.05, 4.69) is 9.46 Å². The molecule has 0 spiro atoms. The summed E-state index contributed by atoms with van der Waals surface area (Å²) in [6.45, 7) is 0. The van der Waals surface area contributed by atoms with Crippen LogP contribution in [-0.4, -0.2) is 26.4 Å². The van der Waals surface area contributed by atoms with Crippen molar-refractivity contribution in [3.8, 4) is 0 Å². The minimum absolute atomic E-state index is 0.0970. The molecule has 154 valence electrons. The highest BCUT2D eigenvalue weighted by Gasteiger charge is 2.24. The maximum Gasteiger partial charge on any atom is 0.337 e. The lowest BCUT2D eigenvalue weighted by molar-refractivity contribution is -0.384. The van der Waals surface area contributed by atoms with Crippen molar-refractivity contribution in [1.29, 1.82) is 0 Å². The largest absolute Gasteiger partial charge is 0.465 e. The first-order valence-corrected chi connectivity index (χ1v) is 10.3. The van der Waals surface area contributed by atoms with E-state index in [0.29, 0.717) is 16.7 Å². The van der Waals surface area contributed by atoms with Gasteiger partial charge in [-0.3, -0.25) is 10.1 Å². The number of nitro groups is 1. The van der Waals surface area contributed by atoms with Gasteiger partial charge in [0.2, 0.25) is 10.0 Å². The Morgan fingerprint density at radius 2 is 1.50 bits per heavy atom. The number of ether oxygens (including phenoxy) is 1. The maximum atomic E-state index is 12.9. The zero-order valence-corrected chi connectivity index (χ0v) is 16.7. The predicted octanol–water partition coefficient (Wildman–Crippen LogP) is 3.45. The van der Waals surface area contributed by atoms with Gasteiger partial charge < -0.3 is 4.74 Å². The van der Waals surface area contributed by atoms with Gasteiger partial charge in [0.25, 0.3) is 5.69 Å². The van der Waals surface area contributed by atoms with Crippen LogP contribution in [0.3, 0.4) is 0 Å². The molecule has 9 heteroatoms. The van der Waals surface area contributed by atoms with Crippen molar-refractivity contribution < 1.29 is 22.9 Å². The molecule has 1 N–H and O–H groups in total. The van der Waals surface area contributed by atoms with Crippen molar-refractivity contribution in [2.24, 2.45) is 0 Å². The van der Waals surface area contributed by atoms with Crippen LogP contribution in [0.1, 0.15) is 27.5 Å². The van der Waals surface area contributed by atoms with E-state index in [0.717, 1.165) is 12.1 Å². The van der Waals surface area contributed by atoms with Gasteiger partial charge in [-0.05, 0) is 35.4 Å². The molecular formula is C21H18N2O6S. The highest BCUT2D eigenvalue weighted by molar-refractivity contribution is 7.89. The number of non-ortho nitro benzene ring substituents is 1. The van der Waals surface area contributed by atoms with Crippen LogP contribution < -0.4 is 4.72 Å². The van der Waals surface area contributed by atoms with Gasteiger partial charge in [0.05, 0.1) is 28.5 Å². The number of hydrogen-bond donors (Lipinski definition) is 1. The van der Waals surface area contributed by atoms with E-state index in [4.69, 9.17) is 0 Å². The first-order valence-electron chi connectivity index (χ1n) is 8.82. The Hall–Kier alpha value is -3.56. The van der Waals surface area contributed by atoms with Crippen molar-refractivity contribution >= 4 is 21.7 Å². The lowest BCUT2D eigenvalue weighted by Gasteiger charge is -2.20. The van der Waals surface area contributed by atoms with Crippen LogP contribution in [0.2, 0.25) is 0 Å². The third-order valence-electron chi connectivity index (χ3n) is 4.43. The molecule has 0 aromatic heterocycles. The molecular weight excluding hydrogens is 408 g/mol. The summed E-state index contributed by atoms with van der Waals surface area (Å²) in [7, 11) is -2.71. The Bertz CT molecular complexity index is 1140. The van der Waals surface area contributed by atoms with Crippen LogP contribution >= 0.6 is 0 Å². The second-order valence-corrected chi connectivity index (χ2v) is 8.04. The fraction of sp³-hybridized carbons (Fsp3) is 0.0952. The molecule has 3 aromatic carbocycles. The Balaban J connectivity index is 1.97. The number of esters is 1. The number of methoxy groups -OCH3 is 1. The summed E-state index contributed by atoms with van der Waals surface area (Å²) in [6.07, 6.45) is 0. The summed E-state index contributed by atoms with van der Waals surface area (Å²) in [4.78, 5) is 21.8. The van der Waals surface area contributed by atoms with E-state index in [-0.39, 0.29) is 10.6 Å². The molecule has 0 aliphatic rings. The summed E-state index contributed by atoms with van der Waals surface area (Å²) < 4.78 is 33.2. The van der Waals surface area contributed by atoms with Gasteiger partial charge in [-0.15, -0.1) is 0 Å². The van der Waals surface area contributed by atoms with Gasteiger partial charge in [0.1, 0.15) is 0 Å². The van der Waals surface area contributed by atoms with Crippen LogP contribution in [-0.2, 0) is 14.8 Å². The highest BCUT2D eigenvalue weighted by atomic mass is 32.2. The smallest absolute Gasteiger partial charge is 0.337 e. The minimum Gasteiger partial charge on any atom is -0.465 e. The SMILES string of the molecule is COC(=O)c1ccc([C@@H](NS(=O)(=O)c2ccc([N+](=O)[O-])cc2)c2ccccc2)cc1. The molecule has 0 heterocycles. The summed E-state index contributed by atoms with van der Waals surface area (Å²) >= 11 is 0. The monoisotopic (exact) mass is 426 g/mol. The topological polar surface area (TPSA) is 116 Å². The number of carbonyl (C=O) groups is 1. The zero-order valence-electron chi connectivity index (χ0n) is 15.9. The maximum absolute atomic E-state index is 12.9. The van der Waals surface area contributed by atoms with Gasteiger partial charge >= 0.3 is 5.97 Å². The molecule has 0 amide bonds. The molecule has 0 aliphatic heterocycles. The van der Waals surface area contributed by atoms with E-state index in [1.54, 1.807) is 48.5 Å². The number of nitrogens with zero attached hydrogens (tertiary/aromatic N) is 1. The number of carbonyl (C=O) groups excluding carboxylic acids is 1. The average molecular weight is 426 g/mol. The molecule has 0 saturated carbocycles. The van der Waals surface area contributed by atoms with Gasteiger partial charge in [0.15, 0.2) is 0 Å². The zero-order chi connectivity index (χ0) is 21.7. The average Bonchev–Trinajstić information content (AvgIpc) is 2.77. The lowest BCUT2D eigenvalue weighted by atomic mass is 9.99. The molecule has 8 nitrogen and oxygen atoms in total. The van der Waals surface area contributed by atoms with Crippen molar-refractivity contribution in [2.75, 3.05) is 7.11 Å².